The van der Waals surface area contributed by atoms with Crippen molar-refractivity contribution < 1.29 is 14.3 Å². The van der Waals surface area contributed by atoms with Gasteiger partial charge in [0, 0.05) is 12.5 Å². The summed E-state index contributed by atoms with van der Waals surface area (Å²) >= 11 is 7.16. The second-order valence-corrected chi connectivity index (χ2v) is 6.24. The third-order valence-electron chi connectivity index (χ3n) is 3.54. The highest BCUT2D eigenvalue weighted by atomic mass is 35.5. The van der Waals surface area contributed by atoms with E-state index in [0.29, 0.717) is 29.1 Å². The Morgan fingerprint density at radius 1 is 1.55 bits per heavy atom. The number of carbonyl (C=O) groups is 1. The number of esters is 1. The second-order valence-electron chi connectivity index (χ2n) is 4.88. The molecule has 1 atom stereocenters. The van der Waals surface area contributed by atoms with Crippen molar-refractivity contribution in [1.82, 2.24) is 4.98 Å². The lowest BCUT2D eigenvalue weighted by Gasteiger charge is -2.25. The second kappa shape index (κ2) is 6.54. The van der Waals surface area contributed by atoms with Gasteiger partial charge < -0.3 is 14.8 Å². The molecule has 1 aliphatic rings. The van der Waals surface area contributed by atoms with Crippen LogP contribution in [-0.4, -0.2) is 31.2 Å². The zero-order valence-electron chi connectivity index (χ0n) is 12.0. The van der Waals surface area contributed by atoms with Gasteiger partial charge in [-0.25, -0.2) is 9.78 Å². The van der Waals surface area contributed by atoms with Crippen LogP contribution in [0.4, 0.5) is 5.13 Å². The molecule has 0 amide bonds. The van der Waals surface area contributed by atoms with E-state index in [4.69, 9.17) is 16.3 Å². The van der Waals surface area contributed by atoms with Crippen molar-refractivity contribution in [2.24, 2.45) is 0 Å². The normalized spacial score (nSPS) is 16.5. The number of rotatable bonds is 4. The van der Waals surface area contributed by atoms with Gasteiger partial charge in [-0.3, -0.25) is 0 Å². The van der Waals surface area contributed by atoms with Crippen LogP contribution in [0.1, 0.15) is 27.6 Å². The summed E-state index contributed by atoms with van der Waals surface area (Å²) in [5.41, 5.74) is 1.19. The number of anilines is 1. The van der Waals surface area contributed by atoms with Crippen LogP contribution in [-0.2, 0) is 4.74 Å². The number of hydrogen-bond donors (Lipinski definition) is 1. The Morgan fingerprint density at radius 3 is 3.18 bits per heavy atom. The summed E-state index contributed by atoms with van der Waals surface area (Å²) in [5.74, 6) is 0.814. The van der Waals surface area contributed by atoms with Crippen LogP contribution in [0.5, 0.6) is 5.75 Å². The molecule has 2 heterocycles. The molecule has 7 heteroatoms. The van der Waals surface area contributed by atoms with Gasteiger partial charge in [0.1, 0.15) is 5.75 Å². The van der Waals surface area contributed by atoms with Crippen LogP contribution < -0.4 is 10.1 Å². The third-order valence-corrected chi connectivity index (χ3v) is 4.92. The number of halogens is 1. The number of fused-ring (bicyclic) bond motifs is 1. The van der Waals surface area contributed by atoms with Crippen molar-refractivity contribution in [2.75, 3.05) is 25.6 Å². The monoisotopic (exact) mass is 338 g/mol. The number of aromatic nitrogens is 1. The van der Waals surface area contributed by atoms with E-state index >= 15 is 0 Å². The Kier molecular flexibility index (Phi) is 4.49. The molecule has 22 heavy (non-hydrogen) atoms. The summed E-state index contributed by atoms with van der Waals surface area (Å²) < 4.78 is 10.3. The minimum Gasteiger partial charge on any atom is -0.493 e. The Labute approximate surface area is 137 Å². The number of methoxy groups -OCH3 is 1. The number of carbonyl (C=O) groups excluding carboxylic acids is 1. The summed E-state index contributed by atoms with van der Waals surface area (Å²) in [6.07, 6.45) is 0.937. The van der Waals surface area contributed by atoms with Gasteiger partial charge in [-0.2, -0.15) is 0 Å². The fraction of sp³-hybridized carbons (Fsp3) is 0.333. The molecule has 116 valence electrons. The number of nitrogens with zero attached hydrogens (tertiary/aromatic N) is 1. The van der Waals surface area contributed by atoms with Crippen LogP contribution in [0.2, 0.25) is 5.15 Å². The lowest BCUT2D eigenvalue weighted by Crippen LogP contribution is -2.20. The molecule has 1 N–H and O–H groups in total. The number of hydrogen-bond acceptors (Lipinski definition) is 6. The quantitative estimate of drug-likeness (QED) is 0.864. The summed E-state index contributed by atoms with van der Waals surface area (Å²) in [4.78, 5) is 16.0. The zero-order valence-corrected chi connectivity index (χ0v) is 13.5. The summed E-state index contributed by atoms with van der Waals surface area (Å²) in [7, 11) is 1.32. The van der Waals surface area contributed by atoms with E-state index in [1.54, 1.807) is 0 Å². The van der Waals surface area contributed by atoms with E-state index in [1.807, 2.05) is 18.2 Å². The van der Waals surface area contributed by atoms with Crippen molar-refractivity contribution >= 4 is 34.0 Å². The molecule has 1 aromatic heterocycles. The van der Waals surface area contributed by atoms with Crippen LogP contribution >= 0.6 is 22.9 Å². The van der Waals surface area contributed by atoms with Crippen molar-refractivity contribution in [2.45, 2.75) is 12.3 Å². The lowest BCUT2D eigenvalue weighted by atomic mass is 9.93. The molecule has 0 fully saturated rings. The summed E-state index contributed by atoms with van der Waals surface area (Å²) in [6.45, 7) is 1.42. The van der Waals surface area contributed by atoms with Gasteiger partial charge in [-0.05, 0) is 18.1 Å². The molecular weight excluding hydrogens is 324 g/mol. The zero-order chi connectivity index (χ0) is 15.5. The SMILES string of the molecule is COC(=O)c1sc(NCC2CCOc3ccccc32)nc1Cl. The first-order chi connectivity index (χ1) is 10.7. The Balaban J connectivity index is 1.70. The van der Waals surface area contributed by atoms with Crippen molar-refractivity contribution in [3.63, 3.8) is 0 Å². The van der Waals surface area contributed by atoms with Crippen LogP contribution in [0.15, 0.2) is 24.3 Å². The minimum absolute atomic E-state index is 0.173. The smallest absolute Gasteiger partial charge is 0.351 e. The van der Waals surface area contributed by atoms with Gasteiger partial charge in [0.2, 0.25) is 0 Å². The van der Waals surface area contributed by atoms with E-state index < -0.39 is 5.97 Å². The van der Waals surface area contributed by atoms with Gasteiger partial charge in [0.05, 0.1) is 13.7 Å². The van der Waals surface area contributed by atoms with Gasteiger partial charge in [0.15, 0.2) is 15.2 Å². The highest BCUT2D eigenvalue weighted by Gasteiger charge is 2.22. The molecule has 1 aromatic carbocycles. The molecule has 1 unspecified atom stereocenters. The summed E-state index contributed by atoms with van der Waals surface area (Å²) in [6, 6.07) is 8.04. The average Bonchev–Trinajstić information content (AvgIpc) is 2.93. The van der Waals surface area contributed by atoms with Crippen molar-refractivity contribution in [3.8, 4) is 5.75 Å². The molecular formula is C15H15ClN2O3S. The molecule has 1 aliphatic heterocycles. The van der Waals surface area contributed by atoms with E-state index in [9.17, 15) is 4.79 Å². The standard InChI is InChI=1S/C15H15ClN2O3S/c1-20-14(19)12-13(16)18-15(22-12)17-8-9-6-7-21-11-5-3-2-4-10(9)11/h2-5,9H,6-8H2,1H3,(H,17,18). The number of thiazole rings is 1. The van der Waals surface area contributed by atoms with Crippen LogP contribution in [0.25, 0.3) is 0 Å². The number of para-hydroxylation sites is 1. The molecule has 0 bridgehead atoms. The Bertz CT molecular complexity index is 689. The Hall–Kier alpha value is -1.79. The molecule has 5 nitrogen and oxygen atoms in total. The highest BCUT2D eigenvalue weighted by molar-refractivity contribution is 7.18. The maximum absolute atomic E-state index is 11.5. The first-order valence-electron chi connectivity index (χ1n) is 6.89. The maximum Gasteiger partial charge on any atom is 0.351 e. The average molecular weight is 339 g/mol. The predicted octanol–water partition coefficient (Wildman–Crippen LogP) is 3.56. The van der Waals surface area contributed by atoms with Crippen molar-refractivity contribution in [1.29, 1.82) is 0 Å². The van der Waals surface area contributed by atoms with Crippen LogP contribution in [0.3, 0.4) is 0 Å². The molecule has 0 spiro atoms. The van der Waals surface area contributed by atoms with Crippen LogP contribution in [0, 0.1) is 0 Å². The molecule has 0 saturated heterocycles. The summed E-state index contributed by atoms with van der Waals surface area (Å²) in [5, 5.41) is 4.05. The van der Waals surface area contributed by atoms with Gasteiger partial charge in [-0.15, -0.1) is 0 Å². The fourth-order valence-electron chi connectivity index (χ4n) is 2.43. The molecule has 0 saturated carbocycles. The third kappa shape index (κ3) is 3.03. The number of ether oxygens (including phenoxy) is 2. The molecule has 0 aliphatic carbocycles. The lowest BCUT2D eigenvalue weighted by molar-refractivity contribution is 0.0606. The van der Waals surface area contributed by atoms with E-state index in [2.05, 4.69) is 21.1 Å². The van der Waals surface area contributed by atoms with Gasteiger partial charge >= 0.3 is 5.97 Å². The van der Waals surface area contributed by atoms with E-state index in [-0.39, 0.29) is 5.15 Å². The first-order valence-corrected chi connectivity index (χ1v) is 8.08. The van der Waals surface area contributed by atoms with Crippen molar-refractivity contribution in [3.05, 3.63) is 39.9 Å². The van der Waals surface area contributed by atoms with E-state index in [0.717, 1.165) is 12.2 Å². The van der Waals surface area contributed by atoms with Gasteiger partial charge in [0.25, 0.3) is 0 Å². The molecule has 2 aromatic rings. The highest BCUT2D eigenvalue weighted by Crippen LogP contribution is 2.34. The number of benzene rings is 1. The minimum atomic E-state index is -0.466. The predicted molar refractivity (Wildman–Crippen MR) is 86.2 cm³/mol. The molecule has 0 radical (unpaired) electrons. The largest absolute Gasteiger partial charge is 0.493 e. The maximum atomic E-state index is 11.5. The van der Waals surface area contributed by atoms with E-state index in [1.165, 1.54) is 24.0 Å². The fourth-order valence-corrected chi connectivity index (χ4v) is 3.54. The Morgan fingerprint density at radius 2 is 2.36 bits per heavy atom. The topological polar surface area (TPSA) is 60.5 Å². The molecule has 3 rings (SSSR count). The first kappa shape index (κ1) is 15.1. The number of nitrogens with one attached hydrogen (secondary N) is 1. The van der Waals surface area contributed by atoms with Gasteiger partial charge in [-0.1, -0.05) is 41.1 Å².